The fraction of sp³-hybridized carbons (Fsp3) is 1.00. The predicted molar refractivity (Wildman–Crippen MR) is 102 cm³/mol. The molecule has 0 fully saturated rings. The molecule has 0 aromatic rings. The van der Waals surface area contributed by atoms with Crippen LogP contribution >= 0.6 is 7.82 Å². The van der Waals surface area contributed by atoms with E-state index in [1.807, 2.05) is 21.1 Å². The minimum atomic E-state index is -4.32. The first-order chi connectivity index (χ1) is 12.2. The van der Waals surface area contributed by atoms with Crippen LogP contribution in [0.15, 0.2) is 0 Å². The zero-order chi connectivity index (χ0) is 19.9. The molecule has 2 atom stereocenters. The maximum atomic E-state index is 11.9. The Balaban J connectivity index is 4.23. The SMILES string of the molecule is CCCCCOC[C@H](COP(=O)([O-])OCC[N+](C)(C)C)OCCCCC. The fourth-order valence-corrected chi connectivity index (χ4v) is 2.78. The van der Waals surface area contributed by atoms with Gasteiger partial charge in [-0.05, 0) is 12.8 Å². The van der Waals surface area contributed by atoms with Gasteiger partial charge in [-0.15, -0.1) is 0 Å². The van der Waals surface area contributed by atoms with E-state index in [4.69, 9.17) is 18.5 Å². The van der Waals surface area contributed by atoms with Gasteiger partial charge in [0, 0.05) is 13.2 Å². The van der Waals surface area contributed by atoms with Crippen molar-refractivity contribution in [1.82, 2.24) is 0 Å². The van der Waals surface area contributed by atoms with E-state index >= 15 is 0 Å². The van der Waals surface area contributed by atoms with Crippen molar-refractivity contribution in [1.29, 1.82) is 0 Å². The average molecular weight is 397 g/mol. The molecule has 0 bridgehead atoms. The number of quaternary nitrogens is 1. The normalized spacial score (nSPS) is 15.8. The number of phosphoric acid groups is 1. The van der Waals surface area contributed by atoms with Gasteiger partial charge < -0.3 is 27.9 Å². The Labute approximate surface area is 160 Å². The number of unbranched alkanes of at least 4 members (excludes halogenated alkanes) is 4. The molecule has 0 aliphatic rings. The van der Waals surface area contributed by atoms with Crippen LogP contribution in [0, 0.1) is 0 Å². The molecule has 26 heavy (non-hydrogen) atoms. The molecule has 7 nitrogen and oxygen atoms in total. The first kappa shape index (κ1) is 26.0. The highest BCUT2D eigenvalue weighted by Gasteiger charge is 2.17. The molecule has 0 heterocycles. The van der Waals surface area contributed by atoms with Gasteiger partial charge in [0.2, 0.25) is 0 Å². The Bertz CT molecular complexity index is 375. The lowest BCUT2D eigenvalue weighted by Gasteiger charge is -2.28. The number of hydrogen-bond donors (Lipinski definition) is 0. The monoisotopic (exact) mass is 397 g/mol. The zero-order valence-electron chi connectivity index (χ0n) is 17.4. The highest BCUT2D eigenvalue weighted by molar-refractivity contribution is 7.45. The summed E-state index contributed by atoms with van der Waals surface area (Å²) in [5, 5.41) is 0. The molecule has 0 amide bonds. The summed E-state index contributed by atoms with van der Waals surface area (Å²) < 4.78 is 33.8. The van der Waals surface area contributed by atoms with Gasteiger partial charge in [0.15, 0.2) is 0 Å². The third kappa shape index (κ3) is 17.4. The fourth-order valence-electron chi connectivity index (χ4n) is 2.05. The Morgan fingerprint density at radius 1 is 0.885 bits per heavy atom. The molecule has 0 spiro atoms. The van der Waals surface area contributed by atoms with Gasteiger partial charge in [0.1, 0.15) is 19.3 Å². The molecule has 0 saturated heterocycles. The van der Waals surface area contributed by atoms with Gasteiger partial charge in [-0.2, -0.15) is 0 Å². The van der Waals surface area contributed by atoms with Crippen LogP contribution in [0.1, 0.15) is 52.4 Å². The van der Waals surface area contributed by atoms with Crippen LogP contribution in [0.5, 0.6) is 0 Å². The van der Waals surface area contributed by atoms with E-state index in [1.54, 1.807) is 0 Å². The van der Waals surface area contributed by atoms with Crippen molar-refractivity contribution in [3.05, 3.63) is 0 Å². The van der Waals surface area contributed by atoms with Gasteiger partial charge >= 0.3 is 0 Å². The molecular formula is C18H40NO6P. The second-order valence-electron chi connectivity index (χ2n) is 7.57. The zero-order valence-corrected chi connectivity index (χ0v) is 18.3. The van der Waals surface area contributed by atoms with Crippen molar-refractivity contribution in [2.24, 2.45) is 0 Å². The Kier molecular flexibility index (Phi) is 15.0. The molecule has 158 valence electrons. The first-order valence-corrected chi connectivity index (χ1v) is 11.3. The number of phosphoric ester groups is 1. The summed E-state index contributed by atoms with van der Waals surface area (Å²) in [5.74, 6) is 0. The maximum absolute atomic E-state index is 11.9. The van der Waals surface area contributed by atoms with E-state index in [-0.39, 0.29) is 13.2 Å². The van der Waals surface area contributed by atoms with Crippen molar-refractivity contribution in [2.75, 3.05) is 60.7 Å². The lowest BCUT2D eigenvalue weighted by Crippen LogP contribution is -2.37. The Morgan fingerprint density at radius 2 is 1.50 bits per heavy atom. The minimum Gasteiger partial charge on any atom is -0.756 e. The van der Waals surface area contributed by atoms with Crippen molar-refractivity contribution >= 4 is 7.82 Å². The number of hydrogen-bond acceptors (Lipinski definition) is 6. The molecular weight excluding hydrogens is 357 g/mol. The van der Waals surface area contributed by atoms with Crippen molar-refractivity contribution < 1.29 is 32.5 Å². The molecule has 0 saturated carbocycles. The van der Waals surface area contributed by atoms with Crippen molar-refractivity contribution in [3.63, 3.8) is 0 Å². The van der Waals surface area contributed by atoms with E-state index in [0.717, 1.165) is 38.5 Å². The summed E-state index contributed by atoms with van der Waals surface area (Å²) in [7, 11) is 1.58. The van der Waals surface area contributed by atoms with Crippen molar-refractivity contribution in [3.8, 4) is 0 Å². The highest BCUT2D eigenvalue weighted by atomic mass is 31.2. The first-order valence-electron chi connectivity index (χ1n) is 9.80. The molecule has 0 aliphatic carbocycles. The van der Waals surface area contributed by atoms with Crippen molar-refractivity contribution in [2.45, 2.75) is 58.5 Å². The third-order valence-electron chi connectivity index (χ3n) is 3.73. The van der Waals surface area contributed by atoms with Gasteiger partial charge in [0.25, 0.3) is 7.82 Å². The van der Waals surface area contributed by atoms with Crippen LogP contribution in [0.3, 0.4) is 0 Å². The number of rotatable bonds is 18. The summed E-state index contributed by atoms with van der Waals surface area (Å²) in [6.07, 6.45) is 5.97. The van der Waals surface area contributed by atoms with Crippen LogP contribution in [-0.2, 0) is 23.1 Å². The summed E-state index contributed by atoms with van der Waals surface area (Å²) in [5.41, 5.74) is 0. The highest BCUT2D eigenvalue weighted by Crippen LogP contribution is 2.38. The molecule has 0 aromatic carbocycles. The van der Waals surface area contributed by atoms with E-state index in [9.17, 15) is 9.46 Å². The average Bonchev–Trinajstić information content (AvgIpc) is 2.54. The number of ether oxygens (including phenoxy) is 2. The molecule has 0 aromatic heterocycles. The smallest absolute Gasteiger partial charge is 0.268 e. The quantitative estimate of drug-likeness (QED) is 0.201. The number of nitrogens with zero attached hydrogens (tertiary/aromatic N) is 1. The lowest BCUT2D eigenvalue weighted by molar-refractivity contribution is -0.870. The standard InChI is InChI=1S/C18H40NO6P/c1-6-8-10-13-22-16-18(23-14-11-9-7-2)17-25-26(20,21)24-15-12-19(3,4)5/h18H,6-17H2,1-5H3/t18-/m1/s1. The summed E-state index contributed by atoms with van der Waals surface area (Å²) in [6, 6.07) is 0. The van der Waals surface area contributed by atoms with E-state index < -0.39 is 13.9 Å². The third-order valence-corrected chi connectivity index (χ3v) is 4.69. The second-order valence-corrected chi connectivity index (χ2v) is 8.98. The largest absolute Gasteiger partial charge is 0.756 e. The Hall–Kier alpha value is -0.0100. The van der Waals surface area contributed by atoms with Gasteiger partial charge in [0.05, 0.1) is 34.4 Å². The van der Waals surface area contributed by atoms with E-state index in [2.05, 4.69) is 13.8 Å². The summed E-state index contributed by atoms with van der Waals surface area (Å²) in [4.78, 5) is 11.9. The van der Waals surface area contributed by atoms with Crippen LogP contribution in [0.4, 0.5) is 0 Å². The molecule has 0 aliphatic heterocycles. The minimum absolute atomic E-state index is 0.0783. The second kappa shape index (κ2) is 15.0. The molecule has 0 radical (unpaired) electrons. The van der Waals surface area contributed by atoms with Gasteiger partial charge in [-0.3, -0.25) is 4.57 Å². The van der Waals surface area contributed by atoms with Gasteiger partial charge in [-0.1, -0.05) is 39.5 Å². The van der Waals surface area contributed by atoms with Crippen LogP contribution in [0.2, 0.25) is 0 Å². The maximum Gasteiger partial charge on any atom is 0.268 e. The topological polar surface area (TPSA) is 77.1 Å². The lowest BCUT2D eigenvalue weighted by atomic mass is 10.2. The molecule has 8 heteroatoms. The van der Waals surface area contributed by atoms with E-state index in [0.29, 0.717) is 30.8 Å². The summed E-state index contributed by atoms with van der Waals surface area (Å²) in [6.45, 7) is 6.41. The molecule has 1 unspecified atom stereocenters. The van der Waals surface area contributed by atoms with Crippen LogP contribution in [0.25, 0.3) is 0 Å². The predicted octanol–water partition coefficient (Wildman–Crippen LogP) is 2.98. The number of likely N-dealkylation sites (N-methyl/N-ethyl adjacent to an activating group) is 1. The summed E-state index contributed by atoms with van der Waals surface area (Å²) >= 11 is 0. The molecule has 0 N–H and O–H groups in total. The van der Waals surface area contributed by atoms with Gasteiger partial charge in [-0.25, -0.2) is 0 Å². The molecule has 0 rings (SSSR count). The van der Waals surface area contributed by atoms with Crippen LogP contribution < -0.4 is 4.89 Å². The Morgan fingerprint density at radius 3 is 2.08 bits per heavy atom. The van der Waals surface area contributed by atoms with Crippen LogP contribution in [-0.4, -0.2) is 71.3 Å². The van der Waals surface area contributed by atoms with E-state index in [1.165, 1.54) is 0 Å².